The molecule has 0 atom stereocenters. The fourth-order valence-electron chi connectivity index (χ4n) is 2.39. The smallest absolute Gasteiger partial charge is 0.0587 e. The van der Waals surface area contributed by atoms with Crippen molar-refractivity contribution in [3.63, 3.8) is 0 Å². The molecule has 1 heterocycles. The zero-order valence-corrected chi connectivity index (χ0v) is 12.8. The van der Waals surface area contributed by atoms with E-state index in [0.717, 1.165) is 25.6 Å². The third-order valence-electron chi connectivity index (χ3n) is 3.80. The first-order valence-corrected chi connectivity index (χ1v) is 7.43. The molecule has 1 rings (SSSR count). The molecule has 1 aliphatic rings. The maximum atomic E-state index is 5.04. The lowest BCUT2D eigenvalue weighted by molar-refractivity contribution is 0.158. The fourth-order valence-corrected chi connectivity index (χ4v) is 2.39. The van der Waals surface area contributed by atoms with E-state index in [1.165, 1.54) is 38.9 Å². The second-order valence-corrected chi connectivity index (χ2v) is 6.79. The van der Waals surface area contributed by atoms with Gasteiger partial charge in [0.25, 0.3) is 0 Å². The number of rotatable bonds is 7. The van der Waals surface area contributed by atoms with Crippen LogP contribution in [0.25, 0.3) is 0 Å². The summed E-state index contributed by atoms with van der Waals surface area (Å²) in [4.78, 5) is 2.64. The summed E-state index contributed by atoms with van der Waals surface area (Å²) in [5.41, 5.74) is 0.471. The number of ether oxygens (including phenoxy) is 1. The molecular weight excluding hydrogens is 224 g/mol. The van der Waals surface area contributed by atoms with Gasteiger partial charge in [0.2, 0.25) is 0 Å². The highest BCUT2D eigenvalue weighted by atomic mass is 16.5. The van der Waals surface area contributed by atoms with Crippen molar-refractivity contribution in [1.29, 1.82) is 0 Å². The first kappa shape index (κ1) is 15.9. The van der Waals surface area contributed by atoms with Crippen LogP contribution >= 0.6 is 0 Å². The minimum atomic E-state index is 0.471. The van der Waals surface area contributed by atoms with E-state index >= 15 is 0 Å². The summed E-state index contributed by atoms with van der Waals surface area (Å²) in [6.45, 7) is 13.8. The minimum absolute atomic E-state index is 0.471. The molecule has 0 aromatic carbocycles. The number of likely N-dealkylation sites (tertiary alicyclic amines) is 1. The first-order valence-electron chi connectivity index (χ1n) is 7.43. The van der Waals surface area contributed by atoms with Gasteiger partial charge in [0.1, 0.15) is 0 Å². The van der Waals surface area contributed by atoms with Crippen molar-refractivity contribution < 1.29 is 4.74 Å². The van der Waals surface area contributed by atoms with Gasteiger partial charge in [0.15, 0.2) is 0 Å². The van der Waals surface area contributed by atoms with E-state index in [0.29, 0.717) is 5.41 Å². The third kappa shape index (κ3) is 7.34. The Kier molecular flexibility index (Phi) is 7.20. The zero-order chi connectivity index (χ0) is 13.4. The Bertz CT molecular complexity index is 205. The summed E-state index contributed by atoms with van der Waals surface area (Å²) in [6, 6.07) is 0. The largest absolute Gasteiger partial charge is 0.383 e. The number of piperidine rings is 1. The molecule has 0 aromatic heterocycles. The SMILES string of the molecule is COCCNCC1CCN(CCC(C)(C)C)CC1. The number of nitrogens with zero attached hydrogens (tertiary/aromatic N) is 1. The second-order valence-electron chi connectivity index (χ2n) is 6.79. The Balaban J connectivity index is 2.05. The predicted molar refractivity (Wildman–Crippen MR) is 78.0 cm³/mol. The van der Waals surface area contributed by atoms with Crippen molar-refractivity contribution in [1.82, 2.24) is 10.2 Å². The van der Waals surface area contributed by atoms with Crippen LogP contribution in [0.15, 0.2) is 0 Å². The Morgan fingerprint density at radius 2 is 1.89 bits per heavy atom. The number of hydrogen-bond donors (Lipinski definition) is 1. The quantitative estimate of drug-likeness (QED) is 0.708. The molecule has 0 aromatic rings. The van der Waals surface area contributed by atoms with Crippen LogP contribution in [-0.2, 0) is 4.74 Å². The minimum Gasteiger partial charge on any atom is -0.383 e. The molecule has 1 fully saturated rings. The van der Waals surface area contributed by atoms with Crippen molar-refractivity contribution in [2.24, 2.45) is 11.3 Å². The molecule has 1 saturated heterocycles. The molecule has 1 N–H and O–H groups in total. The maximum absolute atomic E-state index is 5.04. The normalized spacial score (nSPS) is 19.3. The van der Waals surface area contributed by atoms with E-state index in [4.69, 9.17) is 4.74 Å². The van der Waals surface area contributed by atoms with Gasteiger partial charge in [-0.3, -0.25) is 0 Å². The van der Waals surface area contributed by atoms with E-state index < -0.39 is 0 Å². The lowest BCUT2D eigenvalue weighted by atomic mass is 9.91. The monoisotopic (exact) mass is 256 g/mol. The summed E-state index contributed by atoms with van der Waals surface area (Å²) in [6.07, 6.45) is 4.01. The lowest BCUT2D eigenvalue weighted by Crippen LogP contribution is -2.39. The first-order chi connectivity index (χ1) is 8.51. The van der Waals surface area contributed by atoms with Crippen molar-refractivity contribution in [2.45, 2.75) is 40.0 Å². The van der Waals surface area contributed by atoms with Crippen LogP contribution in [-0.4, -0.2) is 51.3 Å². The van der Waals surface area contributed by atoms with E-state index in [1.807, 2.05) is 0 Å². The number of hydrogen-bond acceptors (Lipinski definition) is 3. The van der Waals surface area contributed by atoms with Crippen LogP contribution in [0.3, 0.4) is 0 Å². The summed E-state index contributed by atoms with van der Waals surface area (Å²) in [5, 5.41) is 3.48. The van der Waals surface area contributed by atoms with E-state index in [-0.39, 0.29) is 0 Å². The molecule has 0 saturated carbocycles. The summed E-state index contributed by atoms with van der Waals surface area (Å²) in [5.74, 6) is 0.868. The molecular formula is C15H32N2O. The number of methoxy groups -OCH3 is 1. The van der Waals surface area contributed by atoms with Crippen molar-refractivity contribution in [3.8, 4) is 0 Å². The zero-order valence-electron chi connectivity index (χ0n) is 12.8. The molecule has 3 heteroatoms. The molecule has 0 aliphatic carbocycles. The van der Waals surface area contributed by atoms with E-state index in [9.17, 15) is 0 Å². The van der Waals surface area contributed by atoms with Gasteiger partial charge < -0.3 is 15.0 Å². The molecule has 1 aliphatic heterocycles. The Labute approximate surface area is 113 Å². The van der Waals surface area contributed by atoms with E-state index in [2.05, 4.69) is 31.0 Å². The topological polar surface area (TPSA) is 24.5 Å². The summed E-state index contributed by atoms with van der Waals surface area (Å²) < 4.78 is 5.04. The van der Waals surface area contributed by atoms with Crippen molar-refractivity contribution in [3.05, 3.63) is 0 Å². The van der Waals surface area contributed by atoms with Gasteiger partial charge in [-0.25, -0.2) is 0 Å². The molecule has 0 unspecified atom stereocenters. The Morgan fingerprint density at radius 1 is 1.22 bits per heavy atom. The van der Waals surface area contributed by atoms with Crippen LogP contribution in [0.2, 0.25) is 0 Å². The molecule has 108 valence electrons. The van der Waals surface area contributed by atoms with Gasteiger partial charge in [-0.1, -0.05) is 20.8 Å². The van der Waals surface area contributed by atoms with Crippen LogP contribution in [0.5, 0.6) is 0 Å². The highest BCUT2D eigenvalue weighted by molar-refractivity contribution is 4.75. The van der Waals surface area contributed by atoms with Crippen molar-refractivity contribution >= 4 is 0 Å². The lowest BCUT2D eigenvalue weighted by Gasteiger charge is -2.33. The van der Waals surface area contributed by atoms with Gasteiger partial charge in [-0.2, -0.15) is 0 Å². The second kappa shape index (κ2) is 8.13. The molecule has 0 radical (unpaired) electrons. The molecule has 0 spiro atoms. The average Bonchev–Trinajstić information content (AvgIpc) is 2.33. The fraction of sp³-hybridized carbons (Fsp3) is 1.00. The highest BCUT2D eigenvalue weighted by Crippen LogP contribution is 2.22. The van der Waals surface area contributed by atoms with Gasteiger partial charge >= 0.3 is 0 Å². The number of nitrogens with one attached hydrogen (secondary N) is 1. The predicted octanol–water partition coefficient (Wildman–Crippen LogP) is 2.37. The molecule has 3 nitrogen and oxygen atoms in total. The highest BCUT2D eigenvalue weighted by Gasteiger charge is 2.20. The summed E-state index contributed by atoms with van der Waals surface area (Å²) in [7, 11) is 1.76. The van der Waals surface area contributed by atoms with Crippen molar-refractivity contribution in [2.75, 3.05) is 46.4 Å². The summed E-state index contributed by atoms with van der Waals surface area (Å²) >= 11 is 0. The van der Waals surface area contributed by atoms with Crippen LogP contribution in [0.4, 0.5) is 0 Å². The van der Waals surface area contributed by atoms with Gasteiger partial charge in [0, 0.05) is 13.7 Å². The van der Waals surface area contributed by atoms with Gasteiger partial charge in [0.05, 0.1) is 6.61 Å². The standard InChI is InChI=1S/C15H32N2O/c1-15(2,3)7-11-17-9-5-14(6-10-17)13-16-8-12-18-4/h14,16H,5-13H2,1-4H3. The van der Waals surface area contributed by atoms with Gasteiger partial charge in [-0.05, 0) is 56.8 Å². The van der Waals surface area contributed by atoms with Crippen LogP contribution in [0.1, 0.15) is 40.0 Å². The maximum Gasteiger partial charge on any atom is 0.0587 e. The third-order valence-corrected chi connectivity index (χ3v) is 3.80. The Morgan fingerprint density at radius 3 is 2.44 bits per heavy atom. The Hall–Kier alpha value is -0.120. The van der Waals surface area contributed by atoms with E-state index in [1.54, 1.807) is 7.11 Å². The van der Waals surface area contributed by atoms with Crippen LogP contribution < -0.4 is 5.32 Å². The molecule has 0 amide bonds. The average molecular weight is 256 g/mol. The molecule has 0 bridgehead atoms. The molecule has 18 heavy (non-hydrogen) atoms. The van der Waals surface area contributed by atoms with Crippen LogP contribution in [0, 0.1) is 11.3 Å². The van der Waals surface area contributed by atoms with Gasteiger partial charge in [-0.15, -0.1) is 0 Å².